The highest BCUT2D eigenvalue weighted by Crippen LogP contribution is 2.27. The number of hydrogen-bond donors (Lipinski definition) is 1. The van der Waals surface area contributed by atoms with E-state index < -0.39 is 0 Å². The van der Waals surface area contributed by atoms with Gasteiger partial charge in [0, 0.05) is 6.04 Å². The molecule has 0 unspecified atom stereocenters. The van der Waals surface area contributed by atoms with Crippen LogP contribution in [-0.4, -0.2) is 6.61 Å². The zero-order chi connectivity index (χ0) is 14.1. The van der Waals surface area contributed by atoms with E-state index >= 15 is 0 Å². The van der Waals surface area contributed by atoms with Crippen molar-refractivity contribution in [3.63, 3.8) is 0 Å². The Morgan fingerprint density at radius 3 is 2.47 bits per heavy atom. The van der Waals surface area contributed by atoms with E-state index in [0.717, 1.165) is 24.3 Å². The molecule has 0 saturated heterocycles. The molecule has 0 amide bonds. The van der Waals surface area contributed by atoms with Gasteiger partial charge in [-0.3, -0.25) is 0 Å². The second-order valence-electron chi connectivity index (χ2n) is 5.09. The second-order valence-corrected chi connectivity index (χ2v) is 5.50. The fourth-order valence-electron chi connectivity index (χ4n) is 1.98. The van der Waals surface area contributed by atoms with Gasteiger partial charge in [0.05, 0.1) is 11.6 Å². The average Bonchev–Trinajstić information content (AvgIpc) is 2.39. The predicted octanol–water partition coefficient (Wildman–Crippen LogP) is 5.10. The first-order chi connectivity index (χ1) is 9.15. The van der Waals surface area contributed by atoms with Crippen LogP contribution in [0.5, 0.6) is 5.75 Å². The normalized spacial score (nSPS) is 12.4. The Kier molecular flexibility index (Phi) is 7.92. The van der Waals surface area contributed by atoms with Crippen molar-refractivity contribution < 1.29 is 4.74 Å². The third kappa shape index (κ3) is 6.31. The minimum atomic E-state index is 0.00474. The number of hydrogen-bond acceptors (Lipinski definition) is 2. The highest BCUT2D eigenvalue weighted by Gasteiger charge is 2.05. The fraction of sp³-hybridized carbons (Fsp3) is 0.625. The standard InChI is InChI=1S/C16H26ClNO/c1-3-4-5-6-7-8-11-19-16-10-9-14(13(2)18)12-15(16)17/h9-10,12-13H,3-8,11,18H2,1-2H3/t13-/m1/s1. The van der Waals surface area contributed by atoms with Gasteiger partial charge < -0.3 is 10.5 Å². The Morgan fingerprint density at radius 1 is 1.16 bits per heavy atom. The first-order valence-electron chi connectivity index (χ1n) is 7.33. The minimum Gasteiger partial charge on any atom is -0.492 e. The van der Waals surface area contributed by atoms with Gasteiger partial charge in [-0.15, -0.1) is 0 Å². The van der Waals surface area contributed by atoms with Gasteiger partial charge in [0.2, 0.25) is 0 Å². The molecule has 0 aromatic heterocycles. The molecule has 0 saturated carbocycles. The van der Waals surface area contributed by atoms with E-state index in [1.807, 2.05) is 25.1 Å². The highest BCUT2D eigenvalue weighted by atomic mass is 35.5. The van der Waals surface area contributed by atoms with E-state index in [2.05, 4.69) is 6.92 Å². The minimum absolute atomic E-state index is 0.00474. The Morgan fingerprint density at radius 2 is 1.84 bits per heavy atom. The van der Waals surface area contributed by atoms with Gasteiger partial charge in [0.15, 0.2) is 0 Å². The van der Waals surface area contributed by atoms with Crippen molar-refractivity contribution in [3.8, 4) is 5.75 Å². The molecule has 0 spiro atoms. The highest BCUT2D eigenvalue weighted by molar-refractivity contribution is 6.32. The summed E-state index contributed by atoms with van der Waals surface area (Å²) in [6.45, 7) is 4.92. The fourth-order valence-corrected chi connectivity index (χ4v) is 2.23. The molecule has 0 heterocycles. The van der Waals surface area contributed by atoms with E-state index in [1.54, 1.807) is 0 Å². The maximum absolute atomic E-state index is 6.17. The van der Waals surface area contributed by atoms with Crippen molar-refractivity contribution in [2.24, 2.45) is 5.73 Å². The van der Waals surface area contributed by atoms with Crippen LogP contribution in [0.15, 0.2) is 18.2 Å². The summed E-state index contributed by atoms with van der Waals surface area (Å²) in [4.78, 5) is 0. The van der Waals surface area contributed by atoms with Crippen LogP contribution < -0.4 is 10.5 Å². The molecule has 0 bridgehead atoms. The smallest absolute Gasteiger partial charge is 0.137 e. The summed E-state index contributed by atoms with van der Waals surface area (Å²) in [7, 11) is 0. The number of halogens is 1. The molecular weight excluding hydrogens is 258 g/mol. The third-order valence-corrected chi connectivity index (χ3v) is 3.53. The number of rotatable bonds is 9. The molecule has 0 fully saturated rings. The molecule has 2 nitrogen and oxygen atoms in total. The van der Waals surface area contributed by atoms with Crippen LogP contribution in [-0.2, 0) is 0 Å². The molecule has 0 aliphatic rings. The average molecular weight is 284 g/mol. The zero-order valence-electron chi connectivity index (χ0n) is 12.1. The van der Waals surface area contributed by atoms with Gasteiger partial charge in [0.25, 0.3) is 0 Å². The zero-order valence-corrected chi connectivity index (χ0v) is 12.9. The lowest BCUT2D eigenvalue weighted by molar-refractivity contribution is 0.304. The van der Waals surface area contributed by atoms with E-state index in [1.165, 1.54) is 32.1 Å². The summed E-state index contributed by atoms with van der Waals surface area (Å²) < 4.78 is 5.71. The molecule has 108 valence electrons. The summed E-state index contributed by atoms with van der Waals surface area (Å²) in [6.07, 6.45) is 7.59. The van der Waals surface area contributed by atoms with Crippen molar-refractivity contribution in [1.29, 1.82) is 0 Å². The molecular formula is C16H26ClNO. The van der Waals surface area contributed by atoms with Gasteiger partial charge >= 0.3 is 0 Å². The largest absolute Gasteiger partial charge is 0.492 e. The molecule has 0 radical (unpaired) electrons. The van der Waals surface area contributed by atoms with Crippen LogP contribution in [0.2, 0.25) is 5.02 Å². The summed E-state index contributed by atoms with van der Waals surface area (Å²) in [6, 6.07) is 5.79. The molecule has 2 N–H and O–H groups in total. The molecule has 1 aromatic carbocycles. The van der Waals surface area contributed by atoms with Crippen molar-refractivity contribution in [1.82, 2.24) is 0 Å². The summed E-state index contributed by atoms with van der Waals surface area (Å²) in [5.41, 5.74) is 6.85. The number of ether oxygens (including phenoxy) is 1. The van der Waals surface area contributed by atoms with Gasteiger partial charge in [0.1, 0.15) is 5.75 Å². The van der Waals surface area contributed by atoms with Crippen molar-refractivity contribution in [2.75, 3.05) is 6.61 Å². The summed E-state index contributed by atoms with van der Waals surface area (Å²) >= 11 is 6.17. The van der Waals surface area contributed by atoms with E-state index in [0.29, 0.717) is 5.02 Å². The van der Waals surface area contributed by atoms with Gasteiger partial charge in [-0.05, 0) is 31.0 Å². The lowest BCUT2D eigenvalue weighted by atomic mass is 10.1. The lowest BCUT2D eigenvalue weighted by Gasteiger charge is -2.11. The Bertz CT molecular complexity index is 366. The quantitative estimate of drug-likeness (QED) is 0.640. The van der Waals surface area contributed by atoms with Crippen LogP contribution in [0.4, 0.5) is 0 Å². The van der Waals surface area contributed by atoms with Crippen molar-refractivity contribution >= 4 is 11.6 Å². The van der Waals surface area contributed by atoms with Crippen molar-refractivity contribution in [2.45, 2.75) is 58.4 Å². The third-order valence-electron chi connectivity index (χ3n) is 3.24. The Labute approximate surface area is 122 Å². The van der Waals surface area contributed by atoms with Crippen LogP contribution in [0.1, 0.15) is 64.0 Å². The topological polar surface area (TPSA) is 35.2 Å². The predicted molar refractivity (Wildman–Crippen MR) is 82.9 cm³/mol. The van der Waals surface area contributed by atoms with E-state index in [9.17, 15) is 0 Å². The Hall–Kier alpha value is -0.730. The summed E-state index contributed by atoms with van der Waals surface area (Å²) in [5, 5.41) is 0.654. The molecule has 1 aromatic rings. The first-order valence-corrected chi connectivity index (χ1v) is 7.70. The molecule has 3 heteroatoms. The van der Waals surface area contributed by atoms with Gasteiger partial charge in [-0.2, -0.15) is 0 Å². The molecule has 1 rings (SSSR count). The number of nitrogens with two attached hydrogens (primary N) is 1. The SMILES string of the molecule is CCCCCCCCOc1ccc([C@@H](C)N)cc1Cl. The van der Waals surface area contributed by atoms with Crippen molar-refractivity contribution in [3.05, 3.63) is 28.8 Å². The van der Waals surface area contributed by atoms with Crippen LogP contribution in [0.3, 0.4) is 0 Å². The molecule has 0 aliphatic carbocycles. The lowest BCUT2D eigenvalue weighted by Crippen LogP contribution is -2.05. The number of unbranched alkanes of at least 4 members (excludes halogenated alkanes) is 5. The van der Waals surface area contributed by atoms with Crippen LogP contribution in [0, 0.1) is 0 Å². The second kappa shape index (κ2) is 9.22. The molecule has 19 heavy (non-hydrogen) atoms. The monoisotopic (exact) mass is 283 g/mol. The number of benzene rings is 1. The molecule has 1 atom stereocenters. The van der Waals surface area contributed by atoms with Gasteiger partial charge in [-0.25, -0.2) is 0 Å². The van der Waals surface area contributed by atoms with E-state index in [4.69, 9.17) is 22.1 Å². The van der Waals surface area contributed by atoms with Crippen LogP contribution >= 0.6 is 11.6 Å². The summed E-state index contributed by atoms with van der Waals surface area (Å²) in [5.74, 6) is 0.764. The van der Waals surface area contributed by atoms with Gasteiger partial charge in [-0.1, -0.05) is 56.7 Å². The molecule has 0 aliphatic heterocycles. The Balaban J connectivity index is 2.26. The maximum Gasteiger partial charge on any atom is 0.137 e. The maximum atomic E-state index is 6.17. The van der Waals surface area contributed by atoms with Crippen LogP contribution in [0.25, 0.3) is 0 Å². The first kappa shape index (κ1) is 16.3. The van der Waals surface area contributed by atoms with E-state index in [-0.39, 0.29) is 6.04 Å².